The number of aliphatic imine (C=N–C) groups is 1. The number of esters is 1. The smallest absolute Gasteiger partial charge is 0.311 e. The number of para-hydroxylation sites is 1. The molecule has 10 nitrogen and oxygen atoms in total. The van der Waals surface area contributed by atoms with E-state index in [4.69, 9.17) is 14.7 Å². The average molecular weight is 515 g/mol. The lowest BCUT2D eigenvalue weighted by atomic mass is 9.84. The van der Waals surface area contributed by atoms with Gasteiger partial charge >= 0.3 is 12.0 Å². The second-order valence-electron chi connectivity index (χ2n) is 9.31. The maximum atomic E-state index is 13.6. The molecule has 2 atom stereocenters. The van der Waals surface area contributed by atoms with E-state index in [1.807, 2.05) is 42.2 Å². The molecule has 0 aromatic heterocycles. The lowest BCUT2D eigenvalue weighted by molar-refractivity contribution is -0.155. The molecule has 4 rings (SSSR count). The number of benzene rings is 2. The number of nitrogens with zero attached hydrogens (tertiary/aromatic N) is 6. The van der Waals surface area contributed by atoms with Gasteiger partial charge in [0, 0.05) is 45.0 Å². The van der Waals surface area contributed by atoms with Crippen molar-refractivity contribution >= 4 is 23.6 Å². The molecule has 38 heavy (non-hydrogen) atoms. The third-order valence-electron chi connectivity index (χ3n) is 7.06. The van der Waals surface area contributed by atoms with Crippen molar-refractivity contribution in [3.63, 3.8) is 0 Å². The van der Waals surface area contributed by atoms with Gasteiger partial charge < -0.3 is 24.2 Å². The highest BCUT2D eigenvalue weighted by molar-refractivity contribution is 5.87. The molecule has 0 unspecified atom stereocenters. The first-order chi connectivity index (χ1) is 18.4. The highest BCUT2D eigenvalue weighted by Gasteiger charge is 2.42. The summed E-state index contributed by atoms with van der Waals surface area (Å²) >= 11 is 0. The van der Waals surface area contributed by atoms with Crippen molar-refractivity contribution < 1.29 is 19.1 Å². The van der Waals surface area contributed by atoms with Gasteiger partial charge in [-0.15, -0.1) is 4.99 Å². The topological polar surface area (TPSA) is 122 Å². The standard InChI is InChI=1S/C28H30N6O4/c1-20-16-21(17-29)8-9-25(20)32-12-14-33(15-13-32)26(35)23-10-11-34(18-24(23)27(36)37-2)28(31-19-30)38-22-6-4-3-5-7-22/h3-9,16,23-24H,10-15,18H2,1-2H3/t23-,24-/m0/s1. The molecule has 1 amide bonds. The van der Waals surface area contributed by atoms with Crippen LogP contribution >= 0.6 is 0 Å². The number of nitriles is 2. The van der Waals surface area contributed by atoms with Gasteiger partial charge in [0.1, 0.15) is 5.75 Å². The van der Waals surface area contributed by atoms with Crippen LogP contribution in [-0.4, -0.2) is 74.1 Å². The number of carbonyl (C=O) groups is 2. The first-order valence-corrected chi connectivity index (χ1v) is 12.5. The lowest BCUT2D eigenvalue weighted by Gasteiger charge is -2.41. The Morgan fingerprint density at radius 3 is 2.34 bits per heavy atom. The van der Waals surface area contributed by atoms with E-state index in [2.05, 4.69) is 16.0 Å². The van der Waals surface area contributed by atoms with Gasteiger partial charge in [-0.05, 0) is 49.2 Å². The molecule has 0 aliphatic carbocycles. The van der Waals surface area contributed by atoms with Crippen molar-refractivity contribution in [2.45, 2.75) is 13.3 Å². The van der Waals surface area contributed by atoms with Gasteiger partial charge in [0.25, 0.3) is 0 Å². The number of anilines is 1. The molecular weight excluding hydrogens is 484 g/mol. The number of amides is 1. The number of amidine groups is 1. The van der Waals surface area contributed by atoms with Gasteiger partial charge in [0.05, 0.1) is 30.6 Å². The molecule has 0 radical (unpaired) electrons. The number of aryl methyl sites for hydroxylation is 1. The first kappa shape index (κ1) is 26.5. The van der Waals surface area contributed by atoms with E-state index in [0.717, 1.165) is 11.3 Å². The van der Waals surface area contributed by atoms with E-state index in [-0.39, 0.29) is 18.5 Å². The Kier molecular flexibility index (Phi) is 8.44. The van der Waals surface area contributed by atoms with Crippen LogP contribution in [0.2, 0.25) is 0 Å². The fourth-order valence-electron chi connectivity index (χ4n) is 5.09. The second kappa shape index (κ2) is 12.1. The number of methoxy groups -OCH3 is 1. The Labute approximate surface area is 222 Å². The second-order valence-corrected chi connectivity index (χ2v) is 9.31. The number of hydrogen-bond donors (Lipinski definition) is 0. The van der Waals surface area contributed by atoms with Crippen LogP contribution in [0.5, 0.6) is 5.75 Å². The SMILES string of the molecule is COC(=O)[C@H]1CN(C(=NC#N)Oc2ccccc2)CC[C@@H]1C(=O)N1CCN(c2ccc(C#N)cc2C)CC1. The Balaban J connectivity index is 1.43. The highest BCUT2D eigenvalue weighted by atomic mass is 16.5. The van der Waals surface area contributed by atoms with Crippen molar-refractivity contribution in [2.24, 2.45) is 16.8 Å². The molecule has 2 fully saturated rings. The summed E-state index contributed by atoms with van der Waals surface area (Å²) in [5.74, 6) is -1.29. The van der Waals surface area contributed by atoms with Gasteiger partial charge in [-0.3, -0.25) is 9.59 Å². The van der Waals surface area contributed by atoms with E-state index in [1.165, 1.54) is 7.11 Å². The number of hydrogen-bond acceptors (Lipinski definition) is 8. The monoisotopic (exact) mass is 514 g/mol. The molecule has 2 aliphatic rings. The minimum absolute atomic E-state index is 0.0704. The highest BCUT2D eigenvalue weighted by Crippen LogP contribution is 2.29. The molecular formula is C28H30N6O4. The normalized spacial score (nSPS) is 19.8. The summed E-state index contributed by atoms with van der Waals surface area (Å²) in [6.45, 7) is 4.92. The summed E-state index contributed by atoms with van der Waals surface area (Å²) in [4.78, 5) is 36.0. The van der Waals surface area contributed by atoms with Crippen LogP contribution in [0.1, 0.15) is 17.5 Å². The molecule has 196 valence electrons. The largest absolute Gasteiger partial charge is 0.469 e. The molecule has 0 N–H and O–H groups in total. The maximum absolute atomic E-state index is 13.6. The van der Waals surface area contributed by atoms with E-state index >= 15 is 0 Å². The number of piperidine rings is 1. The summed E-state index contributed by atoms with van der Waals surface area (Å²) in [7, 11) is 1.31. The number of ether oxygens (including phenoxy) is 2. The zero-order chi connectivity index (χ0) is 27.1. The molecule has 10 heteroatoms. The van der Waals surface area contributed by atoms with Gasteiger partial charge in [0.15, 0.2) is 0 Å². The molecule has 2 aliphatic heterocycles. The number of rotatable bonds is 4. The van der Waals surface area contributed by atoms with E-state index < -0.39 is 17.8 Å². The Bertz CT molecular complexity index is 1270. The molecule has 0 bridgehead atoms. The fourth-order valence-corrected chi connectivity index (χ4v) is 5.09. The number of likely N-dealkylation sites (tertiary alicyclic amines) is 1. The molecule has 2 heterocycles. The summed E-state index contributed by atoms with van der Waals surface area (Å²) in [6.07, 6.45) is 2.17. The van der Waals surface area contributed by atoms with Crippen LogP contribution < -0.4 is 9.64 Å². The van der Waals surface area contributed by atoms with Crippen LogP contribution in [-0.2, 0) is 14.3 Å². The maximum Gasteiger partial charge on any atom is 0.311 e. The van der Waals surface area contributed by atoms with Crippen LogP contribution in [0, 0.1) is 41.5 Å². The number of carbonyl (C=O) groups excluding carboxylic acids is 2. The van der Waals surface area contributed by atoms with Gasteiger partial charge in [-0.25, -0.2) is 0 Å². The lowest BCUT2D eigenvalue weighted by Crippen LogP contribution is -2.56. The zero-order valence-corrected chi connectivity index (χ0v) is 21.5. The van der Waals surface area contributed by atoms with Crippen LogP contribution in [0.25, 0.3) is 0 Å². The quantitative estimate of drug-likeness (QED) is 0.264. The van der Waals surface area contributed by atoms with Crippen molar-refractivity contribution in [3.8, 4) is 18.0 Å². The van der Waals surface area contributed by atoms with Crippen LogP contribution in [0.3, 0.4) is 0 Å². The van der Waals surface area contributed by atoms with Gasteiger partial charge in [-0.1, -0.05) is 18.2 Å². The minimum Gasteiger partial charge on any atom is -0.469 e. The molecule has 2 aromatic carbocycles. The molecule has 2 saturated heterocycles. The number of piperazine rings is 1. The fraction of sp³-hybridized carbons (Fsp3) is 0.393. The minimum atomic E-state index is -0.719. The molecule has 0 spiro atoms. The third kappa shape index (κ3) is 5.87. The summed E-state index contributed by atoms with van der Waals surface area (Å²) in [6, 6.07) is 16.8. The van der Waals surface area contributed by atoms with Crippen molar-refractivity contribution in [1.82, 2.24) is 9.80 Å². The summed E-state index contributed by atoms with van der Waals surface area (Å²) in [5, 5.41) is 18.3. The summed E-state index contributed by atoms with van der Waals surface area (Å²) < 4.78 is 10.9. The summed E-state index contributed by atoms with van der Waals surface area (Å²) in [5.41, 5.74) is 2.70. The van der Waals surface area contributed by atoms with Gasteiger partial charge in [0.2, 0.25) is 12.1 Å². The molecule has 0 saturated carbocycles. The Hall–Kier alpha value is -4.57. The van der Waals surface area contributed by atoms with Crippen LogP contribution in [0.15, 0.2) is 53.5 Å². The van der Waals surface area contributed by atoms with E-state index in [9.17, 15) is 14.9 Å². The van der Waals surface area contributed by atoms with Crippen molar-refractivity contribution in [2.75, 3.05) is 51.3 Å². The van der Waals surface area contributed by atoms with E-state index in [0.29, 0.717) is 50.5 Å². The third-order valence-corrected chi connectivity index (χ3v) is 7.06. The zero-order valence-electron chi connectivity index (χ0n) is 21.5. The molecule has 2 aromatic rings. The first-order valence-electron chi connectivity index (χ1n) is 12.5. The average Bonchev–Trinajstić information content (AvgIpc) is 2.96. The Morgan fingerprint density at radius 2 is 1.71 bits per heavy atom. The predicted molar refractivity (Wildman–Crippen MR) is 140 cm³/mol. The van der Waals surface area contributed by atoms with Gasteiger partial charge in [-0.2, -0.15) is 10.5 Å². The van der Waals surface area contributed by atoms with Crippen LogP contribution in [0.4, 0.5) is 5.69 Å². The Morgan fingerprint density at radius 1 is 0.974 bits per heavy atom. The van der Waals surface area contributed by atoms with Crippen molar-refractivity contribution in [3.05, 3.63) is 59.7 Å². The predicted octanol–water partition coefficient (Wildman–Crippen LogP) is 2.54. The van der Waals surface area contributed by atoms with Crippen molar-refractivity contribution in [1.29, 1.82) is 10.5 Å². The van der Waals surface area contributed by atoms with E-state index in [1.54, 1.807) is 29.3 Å².